The van der Waals surface area contributed by atoms with Crippen molar-refractivity contribution in [3.63, 3.8) is 0 Å². The molecule has 160 valence electrons. The van der Waals surface area contributed by atoms with Gasteiger partial charge >= 0.3 is 0 Å². The molecule has 1 saturated carbocycles. The zero-order valence-electron chi connectivity index (χ0n) is 17.3. The van der Waals surface area contributed by atoms with Crippen molar-refractivity contribution in [1.82, 2.24) is 9.55 Å². The standard InChI is InChI=1S/C25H21N3O2S2/c29-21-13-18(12-17-6-3-5-15-4-1-2-7-19(15)17)22(16-8-9-16)24-28(21)20(14-32-24)23(30)27-25-26-10-11-31-25/h1-7,10-11,13,16,20H,8-9,12,14H2,(H,26,27,30). The molecule has 1 unspecified atom stereocenters. The molecule has 7 heteroatoms. The number of thioether (sulfide) groups is 1. The van der Waals surface area contributed by atoms with E-state index in [1.54, 1.807) is 28.6 Å². The number of hydrogen-bond donors (Lipinski definition) is 1. The van der Waals surface area contributed by atoms with E-state index in [1.807, 2.05) is 5.38 Å². The van der Waals surface area contributed by atoms with Crippen molar-refractivity contribution in [2.24, 2.45) is 0 Å². The molecule has 1 fully saturated rings. The molecule has 1 atom stereocenters. The molecule has 2 aromatic carbocycles. The van der Waals surface area contributed by atoms with Crippen molar-refractivity contribution in [3.8, 4) is 0 Å². The lowest BCUT2D eigenvalue weighted by molar-refractivity contribution is -0.118. The summed E-state index contributed by atoms with van der Waals surface area (Å²) in [6.45, 7) is 0. The number of nitrogens with zero attached hydrogens (tertiary/aromatic N) is 2. The summed E-state index contributed by atoms with van der Waals surface area (Å²) in [5, 5.41) is 8.68. The second kappa shape index (κ2) is 7.90. The van der Waals surface area contributed by atoms with Crippen LogP contribution in [-0.2, 0) is 11.2 Å². The summed E-state index contributed by atoms with van der Waals surface area (Å²) in [4.78, 5) is 30.3. The number of fused-ring (bicyclic) bond motifs is 2. The van der Waals surface area contributed by atoms with E-state index in [2.05, 4.69) is 52.8 Å². The molecule has 1 aliphatic carbocycles. The van der Waals surface area contributed by atoms with Gasteiger partial charge in [0.2, 0.25) is 5.91 Å². The van der Waals surface area contributed by atoms with Crippen molar-refractivity contribution < 1.29 is 4.79 Å². The van der Waals surface area contributed by atoms with Crippen LogP contribution in [0.25, 0.3) is 10.8 Å². The lowest BCUT2D eigenvalue weighted by atomic mass is 9.95. The molecule has 32 heavy (non-hydrogen) atoms. The Morgan fingerprint density at radius 3 is 2.78 bits per heavy atom. The third kappa shape index (κ3) is 3.45. The summed E-state index contributed by atoms with van der Waals surface area (Å²) < 4.78 is 1.72. The number of carbonyl (C=O) groups is 1. The van der Waals surface area contributed by atoms with Crippen LogP contribution in [0.1, 0.15) is 41.5 Å². The molecule has 0 spiro atoms. The van der Waals surface area contributed by atoms with Gasteiger partial charge in [-0.05, 0) is 52.6 Å². The van der Waals surface area contributed by atoms with Gasteiger partial charge in [-0.2, -0.15) is 0 Å². The van der Waals surface area contributed by atoms with Gasteiger partial charge in [0.05, 0.1) is 5.03 Å². The van der Waals surface area contributed by atoms with Gasteiger partial charge in [-0.25, -0.2) is 4.98 Å². The first-order valence-electron chi connectivity index (χ1n) is 10.8. The molecule has 2 aliphatic rings. The maximum absolute atomic E-state index is 13.3. The van der Waals surface area contributed by atoms with Gasteiger partial charge in [0.1, 0.15) is 6.04 Å². The van der Waals surface area contributed by atoms with E-state index in [0.29, 0.717) is 16.8 Å². The van der Waals surface area contributed by atoms with Crippen molar-refractivity contribution >= 4 is 44.9 Å². The Labute approximate surface area is 193 Å². The number of thiazole rings is 1. The van der Waals surface area contributed by atoms with Crippen LogP contribution < -0.4 is 10.9 Å². The summed E-state index contributed by atoms with van der Waals surface area (Å²) in [6.07, 6.45) is 4.68. The fourth-order valence-electron chi connectivity index (χ4n) is 4.61. The number of amides is 1. The Balaban J connectivity index is 1.40. The number of hydrogen-bond acceptors (Lipinski definition) is 5. The fourth-order valence-corrected chi connectivity index (χ4v) is 6.57. The second-order valence-electron chi connectivity index (χ2n) is 8.34. The quantitative estimate of drug-likeness (QED) is 0.445. The average Bonchev–Trinajstić information content (AvgIpc) is 3.30. The molecule has 1 aliphatic heterocycles. The van der Waals surface area contributed by atoms with E-state index < -0.39 is 6.04 Å². The van der Waals surface area contributed by atoms with Gasteiger partial charge in [-0.15, -0.1) is 23.1 Å². The van der Waals surface area contributed by atoms with Gasteiger partial charge in [0, 0.05) is 23.4 Å². The van der Waals surface area contributed by atoms with E-state index in [0.717, 1.165) is 29.9 Å². The van der Waals surface area contributed by atoms with Crippen LogP contribution in [0.15, 0.2) is 69.9 Å². The maximum Gasteiger partial charge on any atom is 0.252 e. The molecule has 1 amide bonds. The number of pyridine rings is 1. The molecular weight excluding hydrogens is 438 g/mol. The van der Waals surface area contributed by atoms with Gasteiger partial charge in [-0.3, -0.25) is 14.2 Å². The van der Waals surface area contributed by atoms with E-state index in [1.165, 1.54) is 33.2 Å². The highest BCUT2D eigenvalue weighted by atomic mass is 32.2. The van der Waals surface area contributed by atoms with Crippen LogP contribution in [0.5, 0.6) is 0 Å². The molecule has 5 nitrogen and oxygen atoms in total. The first kappa shape index (κ1) is 19.8. The maximum atomic E-state index is 13.3. The van der Waals surface area contributed by atoms with Crippen molar-refractivity contribution in [1.29, 1.82) is 0 Å². The molecule has 4 aromatic rings. The van der Waals surface area contributed by atoms with Crippen LogP contribution in [0.3, 0.4) is 0 Å². The second-order valence-corrected chi connectivity index (χ2v) is 10.2. The van der Waals surface area contributed by atoms with Crippen LogP contribution in [0.4, 0.5) is 5.13 Å². The molecule has 1 N–H and O–H groups in total. The van der Waals surface area contributed by atoms with E-state index >= 15 is 0 Å². The molecule has 3 heterocycles. The molecule has 6 rings (SSSR count). The normalized spacial score (nSPS) is 17.4. The summed E-state index contributed by atoms with van der Waals surface area (Å²) in [6, 6.07) is 16.0. The number of benzene rings is 2. The average molecular weight is 460 g/mol. The summed E-state index contributed by atoms with van der Waals surface area (Å²) in [5.41, 5.74) is 3.51. The van der Waals surface area contributed by atoms with Crippen LogP contribution >= 0.6 is 23.1 Å². The summed E-state index contributed by atoms with van der Waals surface area (Å²) in [7, 11) is 0. The minimum Gasteiger partial charge on any atom is -0.300 e. The molecule has 2 aromatic heterocycles. The van der Waals surface area contributed by atoms with Crippen molar-refractivity contribution in [3.05, 3.63) is 87.2 Å². The van der Waals surface area contributed by atoms with E-state index in [9.17, 15) is 9.59 Å². The van der Waals surface area contributed by atoms with Gasteiger partial charge < -0.3 is 5.32 Å². The lowest BCUT2D eigenvalue weighted by Crippen LogP contribution is -2.33. The fraction of sp³-hybridized carbons (Fsp3) is 0.240. The van der Waals surface area contributed by atoms with Crippen LogP contribution in [0, 0.1) is 0 Å². The first-order valence-corrected chi connectivity index (χ1v) is 12.6. The number of rotatable bonds is 5. The zero-order chi connectivity index (χ0) is 21.7. The Morgan fingerprint density at radius 2 is 1.97 bits per heavy atom. The predicted molar refractivity (Wildman–Crippen MR) is 130 cm³/mol. The molecule has 0 saturated heterocycles. The van der Waals surface area contributed by atoms with Gasteiger partial charge in [0.15, 0.2) is 5.13 Å². The van der Waals surface area contributed by atoms with E-state index in [-0.39, 0.29) is 11.5 Å². The molecule has 0 radical (unpaired) electrons. The molecular formula is C25H21N3O2S2. The van der Waals surface area contributed by atoms with Crippen molar-refractivity contribution in [2.45, 2.75) is 36.2 Å². The van der Waals surface area contributed by atoms with Gasteiger partial charge in [-0.1, -0.05) is 42.5 Å². The number of nitrogens with one attached hydrogen (secondary N) is 1. The highest BCUT2D eigenvalue weighted by Crippen LogP contribution is 2.48. The zero-order valence-corrected chi connectivity index (χ0v) is 18.9. The van der Waals surface area contributed by atoms with Crippen molar-refractivity contribution in [2.75, 3.05) is 11.1 Å². The highest BCUT2D eigenvalue weighted by Gasteiger charge is 2.37. The Morgan fingerprint density at radius 1 is 1.12 bits per heavy atom. The topological polar surface area (TPSA) is 64.0 Å². The largest absolute Gasteiger partial charge is 0.300 e. The minimum atomic E-state index is -0.504. The smallest absolute Gasteiger partial charge is 0.252 e. The van der Waals surface area contributed by atoms with Crippen LogP contribution in [-0.4, -0.2) is 21.2 Å². The third-order valence-corrected chi connectivity index (χ3v) is 8.09. The van der Waals surface area contributed by atoms with Gasteiger partial charge in [0.25, 0.3) is 5.56 Å². The Bertz CT molecular complexity index is 1390. The van der Waals surface area contributed by atoms with E-state index in [4.69, 9.17) is 0 Å². The SMILES string of the molecule is O=C(Nc1nccs1)C1CSc2c(C3CC3)c(Cc3cccc4ccccc34)cc(=O)n21. The predicted octanol–water partition coefficient (Wildman–Crippen LogP) is 5.21. The number of anilines is 1. The third-order valence-electron chi connectivity index (χ3n) is 6.23. The number of carbonyl (C=O) groups excluding carboxylic acids is 1. The lowest BCUT2D eigenvalue weighted by Gasteiger charge is -2.18. The minimum absolute atomic E-state index is 0.0936. The summed E-state index contributed by atoms with van der Waals surface area (Å²) in [5.74, 6) is 0.885. The van der Waals surface area contributed by atoms with Crippen LogP contribution in [0.2, 0.25) is 0 Å². The Hall–Kier alpha value is -2.90. The molecule has 0 bridgehead atoms. The summed E-state index contributed by atoms with van der Waals surface area (Å²) >= 11 is 3.02. The number of aromatic nitrogens is 2. The Kier molecular flexibility index (Phi) is 4.88. The first-order chi connectivity index (χ1) is 15.7. The monoisotopic (exact) mass is 459 g/mol. The highest BCUT2D eigenvalue weighted by molar-refractivity contribution is 7.99.